The standard InChI is InChI=1S/C18H16N6O4/c1-22(2)8-9-28-21-15-13-10-11(24(26)27)5-6-14(13)23-17(15)20-16-12(18(23)25)4-3-7-19-16/h3-7,10H,8-9H2,1-2H3/b21-15+. The molecule has 0 unspecified atom stereocenters. The average molecular weight is 380 g/mol. The number of nitro groups is 1. The van der Waals surface area contributed by atoms with Gasteiger partial charge in [0.2, 0.25) is 0 Å². The first-order valence-electron chi connectivity index (χ1n) is 8.49. The number of rotatable bonds is 5. The Morgan fingerprint density at radius 2 is 2.14 bits per heavy atom. The molecule has 142 valence electrons. The van der Waals surface area contributed by atoms with E-state index in [1.807, 2.05) is 19.0 Å². The molecule has 0 saturated carbocycles. The SMILES string of the molecule is CN(C)CCO/N=C1\c2cc([N+](=O)[O-])ccc2-n2c1nc1ncccc1c2=O. The van der Waals surface area contributed by atoms with Gasteiger partial charge < -0.3 is 9.74 Å². The zero-order valence-corrected chi connectivity index (χ0v) is 15.2. The Morgan fingerprint density at radius 1 is 1.32 bits per heavy atom. The third kappa shape index (κ3) is 2.89. The molecule has 0 radical (unpaired) electrons. The minimum absolute atomic E-state index is 0.108. The van der Waals surface area contributed by atoms with Crippen molar-refractivity contribution in [2.24, 2.45) is 5.16 Å². The minimum Gasteiger partial charge on any atom is -0.394 e. The second kappa shape index (κ2) is 6.82. The van der Waals surface area contributed by atoms with E-state index in [1.54, 1.807) is 18.3 Å². The van der Waals surface area contributed by atoms with Crippen molar-refractivity contribution in [2.45, 2.75) is 0 Å². The normalized spacial score (nSPS) is 13.8. The van der Waals surface area contributed by atoms with Crippen molar-refractivity contribution in [1.82, 2.24) is 19.4 Å². The van der Waals surface area contributed by atoms with Gasteiger partial charge in [0.15, 0.2) is 17.2 Å². The van der Waals surface area contributed by atoms with E-state index in [1.165, 1.54) is 22.8 Å². The third-order valence-corrected chi connectivity index (χ3v) is 4.33. The van der Waals surface area contributed by atoms with E-state index in [4.69, 9.17) is 4.84 Å². The minimum atomic E-state index is -0.498. The van der Waals surface area contributed by atoms with Crippen molar-refractivity contribution in [3.63, 3.8) is 0 Å². The van der Waals surface area contributed by atoms with Crippen LogP contribution in [0.25, 0.3) is 16.7 Å². The molecule has 3 aromatic rings. The van der Waals surface area contributed by atoms with Crippen LogP contribution in [0, 0.1) is 10.1 Å². The molecule has 4 rings (SSSR count). The van der Waals surface area contributed by atoms with Gasteiger partial charge >= 0.3 is 0 Å². The fourth-order valence-electron chi connectivity index (χ4n) is 2.97. The largest absolute Gasteiger partial charge is 0.394 e. The number of nitrogens with zero attached hydrogens (tertiary/aromatic N) is 6. The maximum Gasteiger partial charge on any atom is 0.270 e. The highest BCUT2D eigenvalue weighted by Crippen LogP contribution is 2.30. The number of non-ortho nitro benzene ring substituents is 1. The average Bonchev–Trinajstić information content (AvgIpc) is 2.98. The van der Waals surface area contributed by atoms with E-state index in [0.29, 0.717) is 29.8 Å². The Labute approximate surface area is 158 Å². The van der Waals surface area contributed by atoms with Gasteiger partial charge in [-0.05, 0) is 32.3 Å². The molecule has 28 heavy (non-hydrogen) atoms. The van der Waals surface area contributed by atoms with Gasteiger partial charge in [-0.1, -0.05) is 5.16 Å². The van der Waals surface area contributed by atoms with Gasteiger partial charge in [-0.25, -0.2) is 9.97 Å². The van der Waals surface area contributed by atoms with Crippen molar-refractivity contribution >= 4 is 22.4 Å². The number of hydrogen-bond acceptors (Lipinski definition) is 8. The topological polar surface area (TPSA) is 116 Å². The lowest BCUT2D eigenvalue weighted by Gasteiger charge is -2.08. The summed E-state index contributed by atoms with van der Waals surface area (Å²) in [6.45, 7) is 0.953. The molecule has 10 heteroatoms. The molecule has 1 aromatic carbocycles. The molecule has 0 atom stereocenters. The van der Waals surface area contributed by atoms with E-state index < -0.39 is 4.92 Å². The summed E-state index contributed by atoms with van der Waals surface area (Å²) in [5.41, 5.74) is 1.01. The highest BCUT2D eigenvalue weighted by Gasteiger charge is 2.31. The first kappa shape index (κ1) is 17.7. The smallest absolute Gasteiger partial charge is 0.270 e. The number of pyridine rings is 1. The number of fused-ring (bicyclic) bond motifs is 4. The molecule has 0 amide bonds. The van der Waals surface area contributed by atoms with Crippen LogP contribution in [0.5, 0.6) is 0 Å². The predicted molar refractivity (Wildman–Crippen MR) is 102 cm³/mol. The van der Waals surface area contributed by atoms with Gasteiger partial charge in [0.25, 0.3) is 11.2 Å². The summed E-state index contributed by atoms with van der Waals surface area (Å²) in [6.07, 6.45) is 1.54. The Balaban J connectivity index is 1.92. The number of likely N-dealkylation sites (N-methyl/N-ethyl adjacent to an activating group) is 1. The van der Waals surface area contributed by atoms with Gasteiger partial charge in [-0.15, -0.1) is 0 Å². The number of oxime groups is 1. The molecule has 0 fully saturated rings. The first-order chi connectivity index (χ1) is 13.5. The summed E-state index contributed by atoms with van der Waals surface area (Å²) < 4.78 is 1.39. The zero-order chi connectivity index (χ0) is 19.8. The number of hydrogen-bond donors (Lipinski definition) is 0. The van der Waals surface area contributed by atoms with Crippen molar-refractivity contribution in [3.05, 3.63) is 68.4 Å². The van der Waals surface area contributed by atoms with Crippen LogP contribution in [0.1, 0.15) is 11.4 Å². The lowest BCUT2D eigenvalue weighted by molar-refractivity contribution is -0.384. The van der Waals surface area contributed by atoms with Crippen molar-refractivity contribution in [3.8, 4) is 5.69 Å². The molecule has 0 aliphatic carbocycles. The fraction of sp³-hybridized carbons (Fsp3) is 0.222. The number of aromatic nitrogens is 3. The van der Waals surface area contributed by atoms with Crippen LogP contribution >= 0.6 is 0 Å². The van der Waals surface area contributed by atoms with Crippen molar-refractivity contribution < 1.29 is 9.76 Å². The van der Waals surface area contributed by atoms with Gasteiger partial charge in [0, 0.05) is 30.4 Å². The maximum atomic E-state index is 13.0. The van der Waals surface area contributed by atoms with Gasteiger partial charge in [0.1, 0.15) is 6.61 Å². The summed E-state index contributed by atoms with van der Waals surface area (Å²) in [7, 11) is 3.80. The van der Waals surface area contributed by atoms with Crippen LogP contribution < -0.4 is 5.56 Å². The molecule has 3 heterocycles. The van der Waals surface area contributed by atoms with Gasteiger partial charge in [-0.2, -0.15) is 0 Å². The summed E-state index contributed by atoms with van der Waals surface area (Å²) in [5, 5.41) is 15.7. The highest BCUT2D eigenvalue weighted by molar-refractivity contribution is 6.16. The fourth-order valence-corrected chi connectivity index (χ4v) is 2.97. The third-order valence-electron chi connectivity index (χ3n) is 4.33. The molecular weight excluding hydrogens is 364 g/mol. The quantitative estimate of drug-likeness (QED) is 0.291. The van der Waals surface area contributed by atoms with Gasteiger partial charge in [-0.3, -0.25) is 19.5 Å². The Morgan fingerprint density at radius 3 is 2.89 bits per heavy atom. The summed E-state index contributed by atoms with van der Waals surface area (Å²) in [5.74, 6) is 0.247. The first-order valence-corrected chi connectivity index (χ1v) is 8.49. The predicted octanol–water partition coefficient (Wildman–Crippen LogP) is 1.33. The monoisotopic (exact) mass is 380 g/mol. The van der Waals surface area contributed by atoms with Crippen molar-refractivity contribution in [1.29, 1.82) is 0 Å². The van der Waals surface area contributed by atoms with Crippen LogP contribution in [0.2, 0.25) is 0 Å². The molecule has 0 N–H and O–H groups in total. The molecular formula is C18H16N6O4. The van der Waals surface area contributed by atoms with Gasteiger partial charge in [0.05, 0.1) is 16.0 Å². The highest BCUT2D eigenvalue weighted by atomic mass is 16.6. The molecule has 0 saturated heterocycles. The molecule has 1 aliphatic rings. The van der Waals surface area contributed by atoms with E-state index in [0.717, 1.165) is 0 Å². The van der Waals surface area contributed by atoms with Crippen LogP contribution in [0.4, 0.5) is 5.69 Å². The zero-order valence-electron chi connectivity index (χ0n) is 15.2. The van der Waals surface area contributed by atoms with Crippen LogP contribution in [0.3, 0.4) is 0 Å². The maximum absolute atomic E-state index is 13.0. The molecule has 0 bridgehead atoms. The molecule has 1 aliphatic heterocycles. The lowest BCUT2D eigenvalue weighted by atomic mass is 10.1. The molecule has 0 spiro atoms. The Kier molecular flexibility index (Phi) is 4.32. The summed E-state index contributed by atoms with van der Waals surface area (Å²) in [6, 6.07) is 7.53. The van der Waals surface area contributed by atoms with Crippen LogP contribution in [-0.4, -0.2) is 57.3 Å². The van der Waals surface area contributed by atoms with E-state index in [2.05, 4.69) is 15.1 Å². The number of nitro benzene ring substituents is 1. The second-order valence-corrected chi connectivity index (χ2v) is 6.49. The molecule has 10 nitrogen and oxygen atoms in total. The summed E-state index contributed by atoms with van der Waals surface area (Å²) in [4.78, 5) is 39.7. The van der Waals surface area contributed by atoms with Crippen LogP contribution in [-0.2, 0) is 4.84 Å². The van der Waals surface area contributed by atoms with E-state index in [9.17, 15) is 14.9 Å². The van der Waals surface area contributed by atoms with E-state index in [-0.39, 0.29) is 28.4 Å². The Hall–Kier alpha value is -3.66. The lowest BCUT2D eigenvalue weighted by Crippen LogP contribution is -2.22. The second-order valence-electron chi connectivity index (χ2n) is 6.49. The van der Waals surface area contributed by atoms with Crippen LogP contribution in [0.15, 0.2) is 46.5 Å². The van der Waals surface area contributed by atoms with E-state index >= 15 is 0 Å². The summed E-state index contributed by atoms with van der Waals surface area (Å²) >= 11 is 0. The van der Waals surface area contributed by atoms with Crippen molar-refractivity contribution in [2.75, 3.05) is 27.2 Å². The molecule has 2 aromatic heterocycles. The number of benzene rings is 1. The Bertz CT molecular complexity index is 1180.